The van der Waals surface area contributed by atoms with Crippen molar-refractivity contribution in [3.05, 3.63) is 41.5 Å². The summed E-state index contributed by atoms with van der Waals surface area (Å²) in [6.45, 7) is 8.13. The van der Waals surface area contributed by atoms with Crippen molar-refractivity contribution in [2.45, 2.75) is 45.6 Å². The van der Waals surface area contributed by atoms with Crippen LogP contribution >= 0.6 is 24.0 Å². The number of anilines is 1. The molecule has 0 atom stereocenters. The van der Waals surface area contributed by atoms with Gasteiger partial charge in [-0.1, -0.05) is 29.8 Å². The molecule has 28 heavy (non-hydrogen) atoms. The fourth-order valence-corrected chi connectivity index (χ4v) is 3.74. The van der Waals surface area contributed by atoms with E-state index in [1.165, 1.54) is 36.9 Å². The van der Waals surface area contributed by atoms with E-state index in [-0.39, 0.29) is 24.0 Å². The summed E-state index contributed by atoms with van der Waals surface area (Å²) in [4.78, 5) is 7.25. The van der Waals surface area contributed by atoms with Gasteiger partial charge >= 0.3 is 0 Å². The highest BCUT2D eigenvalue weighted by atomic mass is 127. The summed E-state index contributed by atoms with van der Waals surface area (Å²) in [5.74, 6) is 0.908. The van der Waals surface area contributed by atoms with Gasteiger partial charge in [0.15, 0.2) is 5.96 Å². The number of para-hydroxylation sites is 1. The summed E-state index contributed by atoms with van der Waals surface area (Å²) in [6, 6.07) is 8.60. The van der Waals surface area contributed by atoms with Crippen LogP contribution in [-0.2, 0) is 11.3 Å². The van der Waals surface area contributed by atoms with Gasteiger partial charge in [-0.2, -0.15) is 0 Å². The molecule has 6 heteroatoms. The number of nitrogens with zero attached hydrogens (tertiary/aromatic N) is 2. The molecular formula is C22H35IN4O. The monoisotopic (exact) mass is 498 g/mol. The van der Waals surface area contributed by atoms with Crippen molar-refractivity contribution in [3.8, 4) is 0 Å². The predicted octanol–water partition coefficient (Wildman–Crippen LogP) is 4.09. The SMILES string of the molecule is CCNC(=NCc1ccccc1N1CCOCC1)NCCC1=CCCCC1.I. The smallest absolute Gasteiger partial charge is 0.191 e. The standard InChI is InChI=1S/C22H34N4O.HI/c1-2-23-22(24-13-12-19-8-4-3-5-9-19)25-18-20-10-6-7-11-21(20)26-14-16-27-17-15-26;/h6-8,10-11H,2-5,9,12-18H2,1H3,(H2,23,24,25);1H. The Morgan fingerprint density at radius 1 is 1.14 bits per heavy atom. The Morgan fingerprint density at radius 3 is 2.71 bits per heavy atom. The van der Waals surface area contributed by atoms with Crippen LogP contribution in [0.1, 0.15) is 44.6 Å². The molecule has 0 amide bonds. The first-order valence-electron chi connectivity index (χ1n) is 10.5. The van der Waals surface area contributed by atoms with Gasteiger partial charge in [0.05, 0.1) is 19.8 Å². The zero-order chi connectivity index (χ0) is 18.7. The van der Waals surface area contributed by atoms with Gasteiger partial charge in [0.2, 0.25) is 0 Å². The minimum atomic E-state index is 0. The number of hydrogen-bond acceptors (Lipinski definition) is 3. The molecule has 0 aromatic heterocycles. The highest BCUT2D eigenvalue weighted by Crippen LogP contribution is 2.22. The van der Waals surface area contributed by atoms with Crippen molar-refractivity contribution in [2.24, 2.45) is 4.99 Å². The third-order valence-electron chi connectivity index (χ3n) is 5.22. The summed E-state index contributed by atoms with van der Waals surface area (Å²) in [7, 11) is 0. The quantitative estimate of drug-likeness (QED) is 0.258. The third-order valence-corrected chi connectivity index (χ3v) is 5.22. The highest BCUT2D eigenvalue weighted by molar-refractivity contribution is 14.0. The molecular weight excluding hydrogens is 463 g/mol. The molecule has 1 saturated heterocycles. The summed E-state index contributed by atoms with van der Waals surface area (Å²) in [5.41, 5.74) is 4.15. The number of morpholine rings is 1. The molecule has 5 nitrogen and oxygen atoms in total. The number of ether oxygens (including phenoxy) is 1. The van der Waals surface area contributed by atoms with Gasteiger partial charge in [0.1, 0.15) is 0 Å². The number of nitrogens with one attached hydrogen (secondary N) is 2. The highest BCUT2D eigenvalue weighted by Gasteiger charge is 2.14. The van der Waals surface area contributed by atoms with Crippen molar-refractivity contribution < 1.29 is 4.74 Å². The number of allylic oxidation sites excluding steroid dienone is 1. The molecule has 0 saturated carbocycles. The molecule has 1 heterocycles. The Bertz CT molecular complexity index is 641. The fraction of sp³-hybridized carbons (Fsp3) is 0.591. The predicted molar refractivity (Wildman–Crippen MR) is 129 cm³/mol. The van der Waals surface area contributed by atoms with E-state index < -0.39 is 0 Å². The maximum Gasteiger partial charge on any atom is 0.191 e. The Labute approximate surface area is 187 Å². The molecule has 3 rings (SSSR count). The van der Waals surface area contributed by atoms with E-state index in [9.17, 15) is 0 Å². The van der Waals surface area contributed by atoms with Crippen LogP contribution in [0.3, 0.4) is 0 Å². The van der Waals surface area contributed by atoms with Gasteiger partial charge in [-0.3, -0.25) is 0 Å². The zero-order valence-corrected chi connectivity index (χ0v) is 19.4. The van der Waals surface area contributed by atoms with Crippen LogP contribution in [0.5, 0.6) is 0 Å². The van der Waals surface area contributed by atoms with Gasteiger partial charge in [0, 0.05) is 31.9 Å². The molecule has 1 aromatic rings. The van der Waals surface area contributed by atoms with E-state index in [2.05, 4.69) is 52.8 Å². The molecule has 2 N–H and O–H groups in total. The zero-order valence-electron chi connectivity index (χ0n) is 17.1. The lowest BCUT2D eigenvalue weighted by Crippen LogP contribution is -2.38. The van der Waals surface area contributed by atoms with Crippen LogP contribution in [0, 0.1) is 0 Å². The van der Waals surface area contributed by atoms with Crippen LogP contribution in [0.4, 0.5) is 5.69 Å². The minimum absolute atomic E-state index is 0. The average molecular weight is 498 g/mol. The Hall–Kier alpha value is -1.28. The van der Waals surface area contributed by atoms with Gasteiger partial charge < -0.3 is 20.3 Å². The maximum absolute atomic E-state index is 5.49. The normalized spacial score (nSPS) is 17.5. The number of halogens is 1. The first-order valence-corrected chi connectivity index (χ1v) is 10.5. The lowest BCUT2D eigenvalue weighted by atomic mass is 9.97. The minimum Gasteiger partial charge on any atom is -0.378 e. The van der Waals surface area contributed by atoms with Crippen LogP contribution in [-0.4, -0.2) is 45.4 Å². The molecule has 2 aliphatic rings. The van der Waals surface area contributed by atoms with Crippen LogP contribution in [0.25, 0.3) is 0 Å². The number of guanidine groups is 1. The maximum atomic E-state index is 5.49. The molecule has 0 radical (unpaired) electrons. The van der Waals surface area contributed by atoms with E-state index in [1.807, 2.05) is 0 Å². The fourth-order valence-electron chi connectivity index (χ4n) is 3.74. The first kappa shape index (κ1) is 23.0. The van der Waals surface area contributed by atoms with Gasteiger partial charge in [-0.25, -0.2) is 4.99 Å². The molecule has 1 aliphatic carbocycles. The number of hydrogen-bond donors (Lipinski definition) is 2. The van der Waals surface area contributed by atoms with E-state index in [1.54, 1.807) is 5.57 Å². The van der Waals surface area contributed by atoms with E-state index in [0.717, 1.165) is 51.8 Å². The second-order valence-electron chi connectivity index (χ2n) is 7.21. The van der Waals surface area contributed by atoms with E-state index >= 15 is 0 Å². The summed E-state index contributed by atoms with van der Waals surface area (Å²) in [5, 5.41) is 6.88. The van der Waals surface area contributed by atoms with Crippen LogP contribution < -0.4 is 15.5 Å². The summed E-state index contributed by atoms with van der Waals surface area (Å²) in [6.07, 6.45) is 8.76. The molecule has 0 unspecified atom stereocenters. The largest absolute Gasteiger partial charge is 0.378 e. The molecule has 156 valence electrons. The third kappa shape index (κ3) is 7.28. The van der Waals surface area contributed by atoms with Crippen molar-refractivity contribution in [2.75, 3.05) is 44.3 Å². The molecule has 1 fully saturated rings. The first-order chi connectivity index (χ1) is 13.4. The molecule has 1 aromatic carbocycles. The summed E-state index contributed by atoms with van der Waals surface area (Å²) >= 11 is 0. The Morgan fingerprint density at radius 2 is 1.96 bits per heavy atom. The van der Waals surface area contributed by atoms with E-state index in [4.69, 9.17) is 9.73 Å². The lowest BCUT2D eigenvalue weighted by Gasteiger charge is -2.30. The number of rotatable bonds is 7. The van der Waals surface area contributed by atoms with Crippen LogP contribution in [0.2, 0.25) is 0 Å². The summed E-state index contributed by atoms with van der Waals surface area (Å²) < 4.78 is 5.49. The molecule has 0 bridgehead atoms. The topological polar surface area (TPSA) is 48.9 Å². The second-order valence-corrected chi connectivity index (χ2v) is 7.21. The van der Waals surface area contributed by atoms with E-state index in [0.29, 0.717) is 6.54 Å². The number of aliphatic imine (C=N–C) groups is 1. The number of benzene rings is 1. The molecule has 1 aliphatic heterocycles. The molecule has 0 spiro atoms. The van der Waals surface area contributed by atoms with Gasteiger partial charge in [0.25, 0.3) is 0 Å². The lowest BCUT2D eigenvalue weighted by molar-refractivity contribution is 0.122. The van der Waals surface area contributed by atoms with Crippen molar-refractivity contribution in [3.63, 3.8) is 0 Å². The van der Waals surface area contributed by atoms with Gasteiger partial charge in [-0.15, -0.1) is 24.0 Å². The second kappa shape index (κ2) is 13.0. The van der Waals surface area contributed by atoms with Crippen molar-refractivity contribution >= 4 is 35.6 Å². The van der Waals surface area contributed by atoms with Crippen molar-refractivity contribution in [1.29, 1.82) is 0 Å². The van der Waals surface area contributed by atoms with Crippen molar-refractivity contribution in [1.82, 2.24) is 10.6 Å². The van der Waals surface area contributed by atoms with Gasteiger partial charge in [-0.05, 0) is 50.7 Å². The Kier molecular flexibility index (Phi) is 10.7. The van der Waals surface area contributed by atoms with Crippen LogP contribution in [0.15, 0.2) is 40.9 Å². The average Bonchev–Trinajstić information content (AvgIpc) is 2.74. The Balaban J connectivity index is 0.00000280.